The van der Waals surface area contributed by atoms with Gasteiger partial charge in [0, 0.05) is 24.4 Å². The first kappa shape index (κ1) is 17.7. The monoisotopic (exact) mass is 340 g/mol. The van der Waals surface area contributed by atoms with Gasteiger partial charge in [-0.2, -0.15) is 0 Å². The molecule has 1 aliphatic carbocycles. The minimum absolute atomic E-state index is 0.107. The lowest BCUT2D eigenvalue weighted by Crippen LogP contribution is -2.37. The molecule has 0 radical (unpaired) electrons. The number of hydrogen-bond acceptors (Lipinski definition) is 3. The quantitative estimate of drug-likeness (QED) is 0.831. The Kier molecular flexibility index (Phi) is 5.90. The van der Waals surface area contributed by atoms with Crippen molar-refractivity contribution in [3.63, 3.8) is 0 Å². The Bertz CT molecular complexity index is 682. The van der Waals surface area contributed by atoms with Gasteiger partial charge in [0.05, 0.1) is 6.20 Å². The zero-order valence-electron chi connectivity index (χ0n) is 15.3. The summed E-state index contributed by atoms with van der Waals surface area (Å²) >= 11 is 0. The van der Waals surface area contributed by atoms with Crippen molar-refractivity contribution in [2.45, 2.75) is 64.8 Å². The van der Waals surface area contributed by atoms with E-state index in [9.17, 15) is 4.79 Å². The number of nitrogens with zero attached hydrogens (tertiary/aromatic N) is 1. The molecule has 4 heteroatoms. The average Bonchev–Trinajstić information content (AvgIpc) is 3.10. The smallest absolute Gasteiger partial charge is 0.220 e. The van der Waals surface area contributed by atoms with Crippen molar-refractivity contribution >= 4 is 5.91 Å². The molecule has 134 valence electrons. The SMILES string of the molecule is CCC1CCC(NC(=O)CCc2ncc(-c3ccc(C)cc3)o2)CC1. The van der Waals surface area contributed by atoms with Gasteiger partial charge in [-0.15, -0.1) is 0 Å². The third-order valence-corrected chi connectivity index (χ3v) is 5.24. The Morgan fingerprint density at radius 3 is 2.60 bits per heavy atom. The largest absolute Gasteiger partial charge is 0.441 e. The van der Waals surface area contributed by atoms with Gasteiger partial charge < -0.3 is 9.73 Å². The molecule has 1 aromatic heterocycles. The maximum Gasteiger partial charge on any atom is 0.220 e. The first-order chi connectivity index (χ1) is 12.1. The maximum atomic E-state index is 12.2. The van der Waals surface area contributed by atoms with Crippen molar-refractivity contribution in [3.8, 4) is 11.3 Å². The van der Waals surface area contributed by atoms with E-state index < -0.39 is 0 Å². The fourth-order valence-electron chi connectivity index (χ4n) is 3.51. The van der Waals surface area contributed by atoms with Crippen LogP contribution in [0.5, 0.6) is 0 Å². The lowest BCUT2D eigenvalue weighted by Gasteiger charge is -2.28. The molecule has 25 heavy (non-hydrogen) atoms. The Labute approximate surface area is 150 Å². The summed E-state index contributed by atoms with van der Waals surface area (Å²) in [6.07, 6.45) is 8.67. The third-order valence-electron chi connectivity index (χ3n) is 5.24. The number of aryl methyl sites for hydroxylation is 2. The molecule has 1 aliphatic rings. The number of hydrogen-bond donors (Lipinski definition) is 1. The molecule has 1 saturated carbocycles. The van der Waals surface area contributed by atoms with E-state index in [1.165, 1.54) is 24.8 Å². The van der Waals surface area contributed by atoms with Crippen LogP contribution >= 0.6 is 0 Å². The fourth-order valence-corrected chi connectivity index (χ4v) is 3.51. The Hall–Kier alpha value is -2.10. The van der Waals surface area contributed by atoms with Gasteiger partial charge in [-0.3, -0.25) is 4.79 Å². The predicted molar refractivity (Wildman–Crippen MR) is 99.2 cm³/mol. The van der Waals surface area contributed by atoms with Gasteiger partial charge >= 0.3 is 0 Å². The van der Waals surface area contributed by atoms with Crippen LogP contribution in [0, 0.1) is 12.8 Å². The summed E-state index contributed by atoms with van der Waals surface area (Å²) in [7, 11) is 0. The Balaban J connectivity index is 1.46. The van der Waals surface area contributed by atoms with Crippen LogP contribution < -0.4 is 5.32 Å². The topological polar surface area (TPSA) is 55.1 Å². The molecule has 1 aromatic carbocycles. The van der Waals surface area contributed by atoms with Crippen LogP contribution in [-0.4, -0.2) is 16.9 Å². The highest BCUT2D eigenvalue weighted by molar-refractivity contribution is 5.76. The molecule has 1 N–H and O–H groups in total. The molecule has 0 unspecified atom stereocenters. The lowest BCUT2D eigenvalue weighted by atomic mass is 9.84. The summed E-state index contributed by atoms with van der Waals surface area (Å²) in [6, 6.07) is 8.51. The van der Waals surface area contributed by atoms with Crippen molar-refractivity contribution in [1.82, 2.24) is 10.3 Å². The summed E-state index contributed by atoms with van der Waals surface area (Å²) in [5.74, 6) is 2.34. The van der Waals surface area contributed by atoms with Gasteiger partial charge in [0.2, 0.25) is 5.91 Å². The standard InChI is InChI=1S/C21H28N2O2/c1-3-16-6-10-18(11-7-16)23-20(24)12-13-21-22-14-19(25-21)17-8-4-15(2)5-9-17/h4-5,8-9,14,16,18H,3,6-7,10-13H2,1-2H3,(H,23,24). The summed E-state index contributed by atoms with van der Waals surface area (Å²) in [6.45, 7) is 4.31. The van der Waals surface area contributed by atoms with E-state index in [0.29, 0.717) is 24.8 Å². The van der Waals surface area contributed by atoms with Gasteiger partial charge in [-0.25, -0.2) is 4.98 Å². The maximum absolute atomic E-state index is 12.2. The molecule has 4 nitrogen and oxygen atoms in total. The highest BCUT2D eigenvalue weighted by atomic mass is 16.4. The van der Waals surface area contributed by atoms with Crippen LogP contribution in [-0.2, 0) is 11.2 Å². The van der Waals surface area contributed by atoms with Gasteiger partial charge in [-0.05, 0) is 38.5 Å². The van der Waals surface area contributed by atoms with Crippen LogP contribution in [0.2, 0.25) is 0 Å². The Morgan fingerprint density at radius 2 is 1.92 bits per heavy atom. The molecular formula is C21H28N2O2. The van der Waals surface area contributed by atoms with Crippen LogP contribution in [0.4, 0.5) is 0 Å². The summed E-state index contributed by atoms with van der Waals surface area (Å²) in [5, 5.41) is 3.17. The number of nitrogens with one attached hydrogen (secondary N) is 1. The predicted octanol–water partition coefficient (Wildman–Crippen LogP) is 4.67. The molecule has 1 heterocycles. The molecule has 2 aromatic rings. The van der Waals surface area contributed by atoms with Crippen LogP contribution in [0.15, 0.2) is 34.9 Å². The van der Waals surface area contributed by atoms with Crippen LogP contribution in [0.3, 0.4) is 0 Å². The van der Waals surface area contributed by atoms with Crippen molar-refractivity contribution in [1.29, 1.82) is 0 Å². The van der Waals surface area contributed by atoms with E-state index >= 15 is 0 Å². The second-order valence-electron chi connectivity index (χ2n) is 7.18. The average molecular weight is 340 g/mol. The number of benzene rings is 1. The number of carbonyl (C=O) groups excluding carboxylic acids is 1. The van der Waals surface area contributed by atoms with E-state index in [-0.39, 0.29) is 5.91 Å². The molecular weight excluding hydrogens is 312 g/mol. The molecule has 0 atom stereocenters. The highest BCUT2D eigenvalue weighted by Gasteiger charge is 2.21. The van der Waals surface area contributed by atoms with Crippen molar-refractivity contribution in [3.05, 3.63) is 41.9 Å². The fraction of sp³-hybridized carbons (Fsp3) is 0.524. The lowest BCUT2D eigenvalue weighted by molar-refractivity contribution is -0.122. The molecule has 0 spiro atoms. The van der Waals surface area contributed by atoms with Crippen LogP contribution in [0.1, 0.15) is 56.9 Å². The van der Waals surface area contributed by atoms with E-state index in [0.717, 1.165) is 30.1 Å². The van der Waals surface area contributed by atoms with Gasteiger partial charge in [-0.1, -0.05) is 43.2 Å². The normalized spacial score (nSPS) is 20.4. The number of carbonyl (C=O) groups is 1. The minimum atomic E-state index is 0.107. The second kappa shape index (κ2) is 8.32. The first-order valence-electron chi connectivity index (χ1n) is 9.45. The molecule has 1 fully saturated rings. The zero-order valence-corrected chi connectivity index (χ0v) is 15.3. The highest BCUT2D eigenvalue weighted by Crippen LogP contribution is 2.26. The van der Waals surface area contributed by atoms with Crippen LogP contribution in [0.25, 0.3) is 11.3 Å². The molecule has 0 bridgehead atoms. The number of aromatic nitrogens is 1. The van der Waals surface area contributed by atoms with E-state index in [2.05, 4.69) is 36.3 Å². The molecule has 1 amide bonds. The number of amides is 1. The van der Waals surface area contributed by atoms with Crippen molar-refractivity contribution in [2.24, 2.45) is 5.92 Å². The second-order valence-corrected chi connectivity index (χ2v) is 7.18. The first-order valence-corrected chi connectivity index (χ1v) is 9.45. The van der Waals surface area contributed by atoms with Gasteiger partial charge in [0.25, 0.3) is 0 Å². The summed E-state index contributed by atoms with van der Waals surface area (Å²) < 4.78 is 5.79. The number of oxazole rings is 1. The van der Waals surface area contributed by atoms with E-state index in [4.69, 9.17) is 4.42 Å². The van der Waals surface area contributed by atoms with E-state index in [1.54, 1.807) is 6.20 Å². The Morgan fingerprint density at radius 1 is 1.20 bits per heavy atom. The van der Waals surface area contributed by atoms with Crippen molar-refractivity contribution in [2.75, 3.05) is 0 Å². The molecule has 0 saturated heterocycles. The summed E-state index contributed by atoms with van der Waals surface area (Å²) in [4.78, 5) is 16.5. The van der Waals surface area contributed by atoms with Crippen molar-refractivity contribution < 1.29 is 9.21 Å². The zero-order chi connectivity index (χ0) is 17.6. The van der Waals surface area contributed by atoms with Gasteiger partial charge in [0.1, 0.15) is 0 Å². The van der Waals surface area contributed by atoms with Gasteiger partial charge in [0.15, 0.2) is 11.7 Å². The number of rotatable bonds is 6. The minimum Gasteiger partial charge on any atom is -0.441 e. The summed E-state index contributed by atoms with van der Waals surface area (Å²) in [5.41, 5.74) is 2.23. The van der Waals surface area contributed by atoms with E-state index in [1.807, 2.05) is 12.1 Å². The molecule has 0 aliphatic heterocycles. The molecule has 3 rings (SSSR count). The third kappa shape index (κ3) is 4.94.